The summed E-state index contributed by atoms with van der Waals surface area (Å²) in [6, 6.07) is 9.62. The van der Waals surface area contributed by atoms with Crippen molar-refractivity contribution < 1.29 is 4.79 Å². The Morgan fingerprint density at radius 1 is 1.20 bits per heavy atom. The molecule has 0 radical (unpaired) electrons. The van der Waals surface area contributed by atoms with Crippen LogP contribution in [0.1, 0.15) is 29.6 Å². The highest BCUT2D eigenvalue weighted by Crippen LogP contribution is 2.17. The highest BCUT2D eigenvalue weighted by Gasteiger charge is 2.14. The van der Waals surface area contributed by atoms with Crippen LogP contribution in [0.5, 0.6) is 0 Å². The smallest absolute Gasteiger partial charge is 0.255 e. The molecule has 3 nitrogen and oxygen atoms in total. The van der Waals surface area contributed by atoms with Gasteiger partial charge in [-0.2, -0.15) is 0 Å². The second kappa shape index (κ2) is 7.39. The van der Waals surface area contributed by atoms with Gasteiger partial charge in [0.2, 0.25) is 0 Å². The van der Waals surface area contributed by atoms with Gasteiger partial charge in [0.15, 0.2) is 0 Å². The third kappa shape index (κ3) is 3.57. The lowest BCUT2D eigenvalue weighted by atomic mass is 10.1. The Balaban J connectivity index is 2.10. The number of pyridine rings is 1. The molecule has 20 heavy (non-hydrogen) atoms. The number of benzene rings is 1. The van der Waals surface area contributed by atoms with Gasteiger partial charge in [0.25, 0.3) is 5.91 Å². The molecule has 0 spiro atoms. The van der Waals surface area contributed by atoms with E-state index in [4.69, 9.17) is 0 Å². The second-order valence-corrected chi connectivity index (χ2v) is 5.65. The van der Waals surface area contributed by atoms with E-state index < -0.39 is 0 Å². The molecule has 0 aliphatic heterocycles. The molecular formula is C16H19BrN2O. The van der Waals surface area contributed by atoms with E-state index in [1.165, 1.54) is 0 Å². The number of hydrogen-bond donors (Lipinski definition) is 0. The first-order valence-corrected chi connectivity index (χ1v) is 8.01. The van der Waals surface area contributed by atoms with Crippen molar-refractivity contribution in [2.24, 2.45) is 0 Å². The number of halogens is 1. The van der Waals surface area contributed by atoms with Gasteiger partial charge in [0.05, 0.1) is 11.1 Å². The normalized spacial score (nSPS) is 10.7. The molecule has 0 aliphatic rings. The van der Waals surface area contributed by atoms with Crippen LogP contribution in [0.2, 0.25) is 0 Å². The maximum Gasteiger partial charge on any atom is 0.255 e. The van der Waals surface area contributed by atoms with E-state index >= 15 is 0 Å². The lowest BCUT2D eigenvalue weighted by molar-refractivity contribution is 0.0794. The summed E-state index contributed by atoms with van der Waals surface area (Å²) < 4.78 is 0. The van der Waals surface area contributed by atoms with Crippen LogP contribution in [-0.4, -0.2) is 34.7 Å². The Hall–Kier alpha value is -1.42. The minimum atomic E-state index is 0.0492. The molecular weight excluding hydrogens is 316 g/mol. The second-order valence-electron chi connectivity index (χ2n) is 4.86. The minimum Gasteiger partial charge on any atom is -0.342 e. The summed E-state index contributed by atoms with van der Waals surface area (Å²) in [7, 11) is 1.86. The predicted octanol–water partition coefficient (Wildman–Crippen LogP) is 3.87. The zero-order valence-corrected chi connectivity index (χ0v) is 13.3. The predicted molar refractivity (Wildman–Crippen MR) is 86.3 cm³/mol. The minimum absolute atomic E-state index is 0.0492. The topological polar surface area (TPSA) is 33.2 Å². The summed E-state index contributed by atoms with van der Waals surface area (Å²) in [4.78, 5) is 18.6. The monoisotopic (exact) mass is 334 g/mol. The van der Waals surface area contributed by atoms with Crippen molar-refractivity contribution in [2.45, 2.75) is 19.3 Å². The van der Waals surface area contributed by atoms with Crippen LogP contribution in [0.25, 0.3) is 10.9 Å². The number of para-hydroxylation sites is 1. The number of carbonyl (C=O) groups is 1. The van der Waals surface area contributed by atoms with Crippen molar-refractivity contribution in [1.29, 1.82) is 0 Å². The van der Waals surface area contributed by atoms with E-state index in [0.717, 1.165) is 42.0 Å². The maximum absolute atomic E-state index is 12.5. The molecule has 0 N–H and O–H groups in total. The molecule has 0 saturated heterocycles. The zero-order chi connectivity index (χ0) is 14.4. The number of amides is 1. The largest absolute Gasteiger partial charge is 0.342 e. The van der Waals surface area contributed by atoms with Crippen LogP contribution in [0.4, 0.5) is 0 Å². The van der Waals surface area contributed by atoms with Crippen LogP contribution in [0, 0.1) is 0 Å². The molecule has 2 rings (SSSR count). The third-order valence-electron chi connectivity index (χ3n) is 3.34. The van der Waals surface area contributed by atoms with Crippen LogP contribution >= 0.6 is 15.9 Å². The molecule has 106 valence electrons. The summed E-state index contributed by atoms with van der Waals surface area (Å²) >= 11 is 3.42. The summed E-state index contributed by atoms with van der Waals surface area (Å²) in [6.07, 6.45) is 5.05. The van der Waals surface area contributed by atoms with Gasteiger partial charge < -0.3 is 4.90 Å². The van der Waals surface area contributed by atoms with Gasteiger partial charge in [-0.1, -0.05) is 40.5 Å². The average Bonchev–Trinajstić information content (AvgIpc) is 2.50. The Labute approximate surface area is 128 Å². The maximum atomic E-state index is 12.5. The van der Waals surface area contributed by atoms with Crippen molar-refractivity contribution in [3.05, 3.63) is 42.1 Å². The standard InChI is InChI=1S/C16H19BrN2O/c1-19(12-4-2-3-10-17)16(20)14-9-5-7-13-8-6-11-18-15(13)14/h5-9,11H,2-4,10,12H2,1H3. The molecule has 1 aromatic carbocycles. The van der Waals surface area contributed by atoms with E-state index in [1.54, 1.807) is 11.1 Å². The summed E-state index contributed by atoms with van der Waals surface area (Å²) in [6.45, 7) is 0.787. The number of alkyl halides is 1. The van der Waals surface area contributed by atoms with Crippen molar-refractivity contribution >= 4 is 32.7 Å². The number of hydrogen-bond acceptors (Lipinski definition) is 2. The molecule has 0 saturated carbocycles. The van der Waals surface area contributed by atoms with E-state index in [-0.39, 0.29) is 5.91 Å². The van der Waals surface area contributed by atoms with E-state index in [2.05, 4.69) is 20.9 Å². The Kier molecular flexibility index (Phi) is 5.53. The van der Waals surface area contributed by atoms with Crippen molar-refractivity contribution in [3.8, 4) is 0 Å². The number of fused-ring (bicyclic) bond motifs is 1. The van der Waals surface area contributed by atoms with E-state index in [1.807, 2.05) is 37.4 Å². The van der Waals surface area contributed by atoms with Crippen LogP contribution in [0.3, 0.4) is 0 Å². The first-order chi connectivity index (χ1) is 9.74. The first-order valence-electron chi connectivity index (χ1n) is 6.89. The quantitative estimate of drug-likeness (QED) is 0.593. The van der Waals surface area contributed by atoms with Gasteiger partial charge in [-0.3, -0.25) is 9.78 Å². The van der Waals surface area contributed by atoms with Gasteiger partial charge in [0, 0.05) is 30.5 Å². The number of nitrogens with zero attached hydrogens (tertiary/aromatic N) is 2. The van der Waals surface area contributed by atoms with Gasteiger partial charge in [-0.15, -0.1) is 0 Å². The van der Waals surface area contributed by atoms with Crippen molar-refractivity contribution in [2.75, 3.05) is 18.9 Å². The number of aromatic nitrogens is 1. The highest BCUT2D eigenvalue weighted by atomic mass is 79.9. The van der Waals surface area contributed by atoms with Gasteiger partial charge in [-0.25, -0.2) is 0 Å². The van der Waals surface area contributed by atoms with Gasteiger partial charge >= 0.3 is 0 Å². The molecule has 0 atom stereocenters. The molecule has 0 fully saturated rings. The molecule has 4 heteroatoms. The van der Waals surface area contributed by atoms with Crippen molar-refractivity contribution in [3.63, 3.8) is 0 Å². The van der Waals surface area contributed by atoms with Crippen LogP contribution in [-0.2, 0) is 0 Å². The van der Waals surface area contributed by atoms with Gasteiger partial charge in [0.1, 0.15) is 0 Å². The molecule has 2 aromatic rings. The summed E-state index contributed by atoms with van der Waals surface area (Å²) in [5.41, 5.74) is 1.47. The van der Waals surface area contributed by atoms with Crippen molar-refractivity contribution in [1.82, 2.24) is 9.88 Å². The Morgan fingerprint density at radius 2 is 2.00 bits per heavy atom. The number of carbonyl (C=O) groups excluding carboxylic acids is 1. The molecule has 1 heterocycles. The fraction of sp³-hybridized carbons (Fsp3) is 0.375. The Morgan fingerprint density at radius 3 is 2.80 bits per heavy atom. The lowest BCUT2D eigenvalue weighted by Crippen LogP contribution is -2.28. The third-order valence-corrected chi connectivity index (χ3v) is 3.90. The molecule has 0 aliphatic carbocycles. The average molecular weight is 335 g/mol. The number of rotatable bonds is 6. The molecule has 1 aromatic heterocycles. The fourth-order valence-electron chi connectivity index (χ4n) is 2.20. The summed E-state index contributed by atoms with van der Waals surface area (Å²) in [5.74, 6) is 0.0492. The first kappa shape index (κ1) is 15.0. The SMILES string of the molecule is CN(CCCCCBr)C(=O)c1cccc2cccnc12. The fourth-order valence-corrected chi connectivity index (χ4v) is 2.60. The van der Waals surface area contributed by atoms with Crippen LogP contribution < -0.4 is 0 Å². The number of unbranched alkanes of at least 4 members (excludes halogenated alkanes) is 2. The van der Waals surface area contributed by atoms with E-state index in [0.29, 0.717) is 5.56 Å². The highest BCUT2D eigenvalue weighted by molar-refractivity contribution is 9.09. The van der Waals surface area contributed by atoms with E-state index in [9.17, 15) is 4.79 Å². The zero-order valence-electron chi connectivity index (χ0n) is 11.7. The van der Waals surface area contributed by atoms with Gasteiger partial charge in [-0.05, 0) is 25.0 Å². The lowest BCUT2D eigenvalue weighted by Gasteiger charge is -2.17. The molecule has 0 unspecified atom stereocenters. The van der Waals surface area contributed by atoms with Crippen LogP contribution in [0.15, 0.2) is 36.5 Å². The Bertz CT molecular complexity index is 580. The molecule has 0 bridgehead atoms. The summed E-state index contributed by atoms with van der Waals surface area (Å²) in [5, 5.41) is 2.03. The molecule has 1 amide bonds.